The van der Waals surface area contributed by atoms with Crippen LogP contribution >= 0.6 is 0 Å². The molecule has 0 bridgehead atoms. The van der Waals surface area contributed by atoms with Crippen LogP contribution in [-0.4, -0.2) is 35.9 Å². The highest BCUT2D eigenvalue weighted by Gasteiger charge is 2.26. The number of nitrogens with zero attached hydrogens (tertiary/aromatic N) is 1. The van der Waals surface area contributed by atoms with Crippen LogP contribution in [0.4, 0.5) is 0 Å². The molecule has 0 aliphatic carbocycles. The number of amides is 2. The number of nitrogens with one attached hydrogen (secondary N) is 1. The van der Waals surface area contributed by atoms with E-state index in [0.717, 1.165) is 16.7 Å². The molecular formula is C24H32N2O3. The van der Waals surface area contributed by atoms with Gasteiger partial charge in [0, 0.05) is 13.1 Å². The van der Waals surface area contributed by atoms with Gasteiger partial charge in [-0.1, -0.05) is 61.9 Å². The van der Waals surface area contributed by atoms with E-state index >= 15 is 0 Å². The maximum atomic E-state index is 13.0. The summed E-state index contributed by atoms with van der Waals surface area (Å²) in [5.74, 6) is 0.640. The van der Waals surface area contributed by atoms with Gasteiger partial charge in [0.2, 0.25) is 5.91 Å². The van der Waals surface area contributed by atoms with Crippen LogP contribution in [0.5, 0.6) is 5.75 Å². The summed E-state index contributed by atoms with van der Waals surface area (Å²) in [6.07, 6.45) is 0. The minimum absolute atomic E-state index is 0.113. The zero-order chi connectivity index (χ0) is 21.4. The molecule has 1 N–H and O–H groups in total. The topological polar surface area (TPSA) is 58.6 Å². The first-order valence-electron chi connectivity index (χ1n) is 10.1. The smallest absolute Gasteiger partial charge is 0.261 e. The molecule has 0 aromatic heterocycles. The number of carbonyl (C=O) groups is 2. The van der Waals surface area contributed by atoms with Crippen molar-refractivity contribution in [1.29, 1.82) is 0 Å². The van der Waals surface area contributed by atoms with Crippen LogP contribution in [-0.2, 0) is 16.1 Å². The Hall–Kier alpha value is -2.82. The summed E-state index contributed by atoms with van der Waals surface area (Å²) in [7, 11) is 0. The monoisotopic (exact) mass is 396 g/mol. The molecule has 0 unspecified atom stereocenters. The fourth-order valence-electron chi connectivity index (χ4n) is 2.87. The van der Waals surface area contributed by atoms with E-state index in [1.54, 1.807) is 11.8 Å². The zero-order valence-corrected chi connectivity index (χ0v) is 18.1. The normalized spacial score (nSPS) is 11.8. The Bertz CT molecular complexity index is 815. The molecule has 29 heavy (non-hydrogen) atoms. The van der Waals surface area contributed by atoms with Crippen molar-refractivity contribution in [3.63, 3.8) is 0 Å². The van der Waals surface area contributed by atoms with Crippen molar-refractivity contribution in [1.82, 2.24) is 10.2 Å². The van der Waals surface area contributed by atoms with E-state index in [-0.39, 0.29) is 18.4 Å². The van der Waals surface area contributed by atoms with Crippen molar-refractivity contribution in [2.75, 3.05) is 13.2 Å². The molecule has 5 nitrogen and oxygen atoms in total. The lowest BCUT2D eigenvalue weighted by Gasteiger charge is -2.29. The van der Waals surface area contributed by atoms with E-state index in [1.807, 2.05) is 76.2 Å². The third-order valence-electron chi connectivity index (χ3n) is 4.77. The van der Waals surface area contributed by atoms with Gasteiger partial charge in [-0.15, -0.1) is 0 Å². The van der Waals surface area contributed by atoms with Crippen LogP contribution in [0.3, 0.4) is 0 Å². The molecule has 156 valence electrons. The van der Waals surface area contributed by atoms with Gasteiger partial charge in [-0.05, 0) is 43.9 Å². The van der Waals surface area contributed by atoms with Gasteiger partial charge in [0.25, 0.3) is 5.91 Å². The van der Waals surface area contributed by atoms with Gasteiger partial charge in [0.05, 0.1) is 0 Å². The molecule has 5 heteroatoms. The van der Waals surface area contributed by atoms with Crippen molar-refractivity contribution in [2.24, 2.45) is 5.92 Å². The number of carbonyl (C=O) groups excluding carboxylic acids is 2. The number of hydrogen-bond acceptors (Lipinski definition) is 3. The van der Waals surface area contributed by atoms with Gasteiger partial charge < -0.3 is 15.0 Å². The lowest BCUT2D eigenvalue weighted by molar-refractivity contribution is -0.142. The van der Waals surface area contributed by atoms with Crippen LogP contribution in [0, 0.1) is 19.8 Å². The van der Waals surface area contributed by atoms with Gasteiger partial charge in [-0.3, -0.25) is 9.59 Å². The summed E-state index contributed by atoms with van der Waals surface area (Å²) in [4.78, 5) is 27.2. The van der Waals surface area contributed by atoms with Gasteiger partial charge in [-0.2, -0.15) is 0 Å². The van der Waals surface area contributed by atoms with Crippen molar-refractivity contribution < 1.29 is 14.3 Å². The summed E-state index contributed by atoms with van der Waals surface area (Å²) >= 11 is 0. The van der Waals surface area contributed by atoms with E-state index in [9.17, 15) is 9.59 Å². The molecule has 2 rings (SSSR count). The Morgan fingerprint density at radius 2 is 1.66 bits per heavy atom. The Morgan fingerprint density at radius 1 is 1.00 bits per heavy atom. The maximum Gasteiger partial charge on any atom is 0.261 e. The van der Waals surface area contributed by atoms with Gasteiger partial charge in [0.1, 0.15) is 11.8 Å². The average Bonchev–Trinajstić information content (AvgIpc) is 2.70. The van der Waals surface area contributed by atoms with Crippen LogP contribution in [0.15, 0.2) is 48.5 Å². The second-order valence-electron chi connectivity index (χ2n) is 7.88. The highest BCUT2D eigenvalue weighted by molar-refractivity contribution is 5.88. The summed E-state index contributed by atoms with van der Waals surface area (Å²) in [5.41, 5.74) is 3.09. The zero-order valence-electron chi connectivity index (χ0n) is 18.1. The maximum absolute atomic E-state index is 13.0. The van der Waals surface area contributed by atoms with Crippen LogP contribution in [0.2, 0.25) is 0 Å². The van der Waals surface area contributed by atoms with E-state index < -0.39 is 6.04 Å². The lowest BCUT2D eigenvalue weighted by Crippen LogP contribution is -2.49. The molecular weight excluding hydrogens is 364 g/mol. The first-order chi connectivity index (χ1) is 13.8. The number of hydrogen-bond donors (Lipinski definition) is 1. The van der Waals surface area contributed by atoms with Gasteiger partial charge in [-0.25, -0.2) is 0 Å². The fraction of sp³-hybridized carbons (Fsp3) is 0.417. The Balaban J connectivity index is 2.13. The third kappa shape index (κ3) is 6.93. The molecule has 0 aliphatic heterocycles. The molecule has 2 aromatic rings. The van der Waals surface area contributed by atoms with Crippen LogP contribution < -0.4 is 10.1 Å². The van der Waals surface area contributed by atoms with Crippen molar-refractivity contribution in [2.45, 2.75) is 47.2 Å². The van der Waals surface area contributed by atoms with E-state index in [4.69, 9.17) is 4.74 Å². The second kappa shape index (κ2) is 10.6. The first-order valence-corrected chi connectivity index (χ1v) is 10.1. The third-order valence-corrected chi connectivity index (χ3v) is 4.77. The molecule has 2 amide bonds. The van der Waals surface area contributed by atoms with E-state index in [1.165, 1.54) is 0 Å². The predicted octanol–water partition coefficient (Wildman–Crippen LogP) is 3.87. The first kappa shape index (κ1) is 22.5. The lowest BCUT2D eigenvalue weighted by atomic mass is 10.1. The largest absolute Gasteiger partial charge is 0.484 e. The molecule has 0 saturated heterocycles. The predicted molar refractivity (Wildman–Crippen MR) is 116 cm³/mol. The highest BCUT2D eigenvalue weighted by atomic mass is 16.5. The minimum atomic E-state index is -0.594. The number of benzene rings is 2. The summed E-state index contributed by atoms with van der Waals surface area (Å²) < 4.78 is 5.74. The fourth-order valence-corrected chi connectivity index (χ4v) is 2.87. The summed E-state index contributed by atoms with van der Waals surface area (Å²) in [6, 6.07) is 15.0. The van der Waals surface area contributed by atoms with Gasteiger partial charge >= 0.3 is 0 Å². The molecule has 2 aromatic carbocycles. The molecule has 0 aliphatic rings. The summed E-state index contributed by atoms with van der Waals surface area (Å²) in [6.45, 7) is 10.6. The average molecular weight is 397 g/mol. The van der Waals surface area contributed by atoms with E-state index in [0.29, 0.717) is 24.8 Å². The van der Waals surface area contributed by atoms with Crippen molar-refractivity contribution >= 4 is 11.8 Å². The minimum Gasteiger partial charge on any atom is -0.484 e. The molecule has 1 atom stereocenters. The molecule has 0 saturated carbocycles. The molecule has 0 heterocycles. The number of rotatable bonds is 9. The number of para-hydroxylation sites is 1. The van der Waals surface area contributed by atoms with Crippen molar-refractivity contribution in [3.8, 4) is 5.75 Å². The molecule has 0 radical (unpaired) electrons. The molecule has 0 fully saturated rings. The number of aryl methyl sites for hydroxylation is 2. The standard InChI is InChI=1S/C24H32N2O3/c1-17(2)14-25-24(28)20(5)26(15-21-12-10-18(3)11-13-21)23(27)16-29-22-9-7-6-8-19(22)4/h6-13,17,20H,14-16H2,1-5H3,(H,25,28)/t20-/m1/s1. The second-order valence-corrected chi connectivity index (χ2v) is 7.88. The SMILES string of the molecule is Cc1ccc(CN(C(=O)COc2ccccc2C)[C@H](C)C(=O)NCC(C)C)cc1. The van der Waals surface area contributed by atoms with Gasteiger partial charge in [0.15, 0.2) is 6.61 Å². The Kier molecular flexibility index (Phi) is 8.25. The van der Waals surface area contributed by atoms with Crippen LogP contribution in [0.25, 0.3) is 0 Å². The number of ether oxygens (including phenoxy) is 1. The Labute approximate surface area is 174 Å². The molecule has 0 spiro atoms. The van der Waals surface area contributed by atoms with Crippen LogP contribution in [0.1, 0.15) is 37.5 Å². The summed E-state index contributed by atoms with van der Waals surface area (Å²) in [5, 5.41) is 2.92. The highest BCUT2D eigenvalue weighted by Crippen LogP contribution is 2.17. The van der Waals surface area contributed by atoms with E-state index in [2.05, 4.69) is 5.32 Å². The quantitative estimate of drug-likeness (QED) is 0.700. The van der Waals surface area contributed by atoms with Crippen molar-refractivity contribution in [3.05, 3.63) is 65.2 Å². The Morgan fingerprint density at radius 3 is 2.28 bits per heavy atom.